The second-order valence-corrected chi connectivity index (χ2v) is 4.32. The largest absolute Gasteiger partial charge is 0.507 e. The van der Waals surface area contributed by atoms with Gasteiger partial charge in [-0.2, -0.15) is 0 Å². The Kier molecular flexibility index (Phi) is 2.38. The fourth-order valence-electron chi connectivity index (χ4n) is 1.92. The summed E-state index contributed by atoms with van der Waals surface area (Å²) < 4.78 is 1.80. The summed E-state index contributed by atoms with van der Waals surface area (Å²) in [5, 5.41) is 10.2. The molecule has 0 fully saturated rings. The maximum Gasteiger partial charge on any atom is 0.155 e. The summed E-state index contributed by atoms with van der Waals surface area (Å²) in [6, 6.07) is 10.5. The molecule has 0 atom stereocenters. The van der Waals surface area contributed by atoms with E-state index in [1.54, 1.807) is 40.9 Å². The minimum atomic E-state index is 0.165. The van der Waals surface area contributed by atoms with E-state index in [9.17, 15) is 5.11 Å². The van der Waals surface area contributed by atoms with Gasteiger partial charge in [0.05, 0.1) is 11.1 Å². The van der Waals surface area contributed by atoms with Crippen LogP contribution in [0.5, 0.6) is 5.75 Å². The van der Waals surface area contributed by atoms with Gasteiger partial charge in [0.1, 0.15) is 11.6 Å². The van der Waals surface area contributed by atoms with Crippen LogP contribution in [0.3, 0.4) is 0 Å². The number of rotatable bonds is 1. The summed E-state index contributed by atoms with van der Waals surface area (Å²) in [6.07, 6.45) is 1.78. The summed E-state index contributed by atoms with van der Waals surface area (Å²) in [5.74, 6) is 0.756. The number of hydrogen-bond donors (Lipinski definition) is 2. The van der Waals surface area contributed by atoms with Crippen molar-refractivity contribution in [1.29, 1.82) is 0 Å². The van der Waals surface area contributed by atoms with Crippen LogP contribution in [0.4, 0.5) is 5.69 Å². The summed E-state index contributed by atoms with van der Waals surface area (Å²) in [6.45, 7) is 0. The quantitative estimate of drug-likeness (QED) is 0.706. The number of anilines is 1. The van der Waals surface area contributed by atoms with E-state index in [1.807, 2.05) is 6.07 Å². The number of para-hydroxylation sites is 1. The van der Waals surface area contributed by atoms with Crippen LogP contribution in [-0.4, -0.2) is 14.5 Å². The van der Waals surface area contributed by atoms with E-state index >= 15 is 0 Å². The molecule has 5 heteroatoms. The zero-order chi connectivity index (χ0) is 12.7. The third kappa shape index (κ3) is 1.58. The predicted octanol–water partition coefficient (Wildman–Crippen LogP) is 2.94. The number of nitrogen functional groups attached to an aromatic ring is 1. The monoisotopic (exact) mass is 259 g/mol. The second-order valence-electron chi connectivity index (χ2n) is 3.96. The lowest BCUT2D eigenvalue weighted by Gasteiger charge is -2.03. The lowest BCUT2D eigenvalue weighted by molar-refractivity contribution is 0.477. The molecule has 0 aliphatic heterocycles. The van der Waals surface area contributed by atoms with Crippen LogP contribution in [0, 0.1) is 0 Å². The zero-order valence-electron chi connectivity index (χ0n) is 9.34. The van der Waals surface area contributed by atoms with Gasteiger partial charge in [-0.3, -0.25) is 4.40 Å². The minimum absolute atomic E-state index is 0.165. The standard InChI is InChI=1S/C13H10ClN3O/c14-12-10-7-8(15)5-6-17(10)13(16-12)9-3-1-2-4-11(9)18/h1-7,18H,15H2. The van der Waals surface area contributed by atoms with E-state index in [0.29, 0.717) is 22.2 Å². The van der Waals surface area contributed by atoms with Crippen molar-refractivity contribution in [2.24, 2.45) is 0 Å². The Morgan fingerprint density at radius 2 is 2.00 bits per heavy atom. The Balaban J connectivity index is 2.34. The summed E-state index contributed by atoms with van der Waals surface area (Å²) >= 11 is 6.08. The van der Waals surface area contributed by atoms with Gasteiger partial charge in [-0.25, -0.2) is 4.98 Å². The molecule has 0 aliphatic carbocycles. The van der Waals surface area contributed by atoms with E-state index in [1.165, 1.54) is 0 Å². The van der Waals surface area contributed by atoms with Crippen LogP contribution < -0.4 is 5.73 Å². The highest BCUT2D eigenvalue weighted by atomic mass is 35.5. The normalized spacial score (nSPS) is 10.9. The van der Waals surface area contributed by atoms with Crippen molar-refractivity contribution in [3.05, 3.63) is 47.7 Å². The average Bonchev–Trinajstić information content (AvgIpc) is 2.67. The highest BCUT2D eigenvalue weighted by Crippen LogP contribution is 2.31. The number of aromatic nitrogens is 2. The number of hydrogen-bond acceptors (Lipinski definition) is 3. The third-order valence-corrected chi connectivity index (χ3v) is 3.05. The van der Waals surface area contributed by atoms with Crippen molar-refractivity contribution in [2.45, 2.75) is 0 Å². The Labute approximate surface area is 108 Å². The van der Waals surface area contributed by atoms with Crippen molar-refractivity contribution >= 4 is 22.8 Å². The lowest BCUT2D eigenvalue weighted by atomic mass is 10.2. The number of imidazole rings is 1. The maximum absolute atomic E-state index is 9.87. The zero-order valence-corrected chi connectivity index (χ0v) is 10.1. The van der Waals surface area contributed by atoms with Crippen molar-refractivity contribution in [3.8, 4) is 17.1 Å². The number of phenolic OH excluding ortho intramolecular Hbond substituents is 1. The number of benzene rings is 1. The summed E-state index contributed by atoms with van der Waals surface area (Å²) in [4.78, 5) is 4.27. The third-order valence-electron chi connectivity index (χ3n) is 2.77. The molecule has 3 rings (SSSR count). The first-order valence-corrected chi connectivity index (χ1v) is 5.76. The fraction of sp³-hybridized carbons (Fsp3) is 0. The first-order valence-electron chi connectivity index (χ1n) is 5.38. The second kappa shape index (κ2) is 3.92. The number of phenols is 1. The van der Waals surface area contributed by atoms with Gasteiger partial charge in [-0.05, 0) is 24.3 Å². The van der Waals surface area contributed by atoms with Gasteiger partial charge in [-0.1, -0.05) is 23.7 Å². The lowest BCUT2D eigenvalue weighted by Crippen LogP contribution is -1.91. The Morgan fingerprint density at radius 3 is 2.78 bits per heavy atom. The van der Waals surface area contributed by atoms with Gasteiger partial charge >= 0.3 is 0 Å². The van der Waals surface area contributed by atoms with Gasteiger partial charge in [0, 0.05) is 11.9 Å². The predicted molar refractivity (Wildman–Crippen MR) is 71.7 cm³/mol. The van der Waals surface area contributed by atoms with Gasteiger partial charge < -0.3 is 10.8 Å². The number of nitrogens with zero attached hydrogens (tertiary/aromatic N) is 2. The Hall–Kier alpha value is -2.20. The Bertz CT molecular complexity index is 736. The topological polar surface area (TPSA) is 63.5 Å². The molecule has 0 radical (unpaired) electrons. The molecule has 3 aromatic rings. The molecular weight excluding hydrogens is 250 g/mol. The molecule has 1 aromatic carbocycles. The smallest absolute Gasteiger partial charge is 0.155 e. The molecule has 0 unspecified atom stereocenters. The molecule has 0 saturated heterocycles. The highest BCUT2D eigenvalue weighted by molar-refractivity contribution is 6.33. The maximum atomic E-state index is 9.87. The Morgan fingerprint density at radius 1 is 1.22 bits per heavy atom. The molecule has 0 aliphatic rings. The molecule has 0 spiro atoms. The number of fused-ring (bicyclic) bond motifs is 1. The fourth-order valence-corrected chi connectivity index (χ4v) is 2.14. The van der Waals surface area contributed by atoms with E-state index in [-0.39, 0.29) is 5.75 Å². The van der Waals surface area contributed by atoms with E-state index in [0.717, 1.165) is 5.52 Å². The molecule has 4 nitrogen and oxygen atoms in total. The van der Waals surface area contributed by atoms with Gasteiger partial charge in [-0.15, -0.1) is 0 Å². The number of pyridine rings is 1. The van der Waals surface area contributed by atoms with Gasteiger partial charge in [0.25, 0.3) is 0 Å². The van der Waals surface area contributed by atoms with E-state index in [4.69, 9.17) is 17.3 Å². The van der Waals surface area contributed by atoms with Crippen LogP contribution in [0.1, 0.15) is 0 Å². The molecule has 0 amide bonds. The molecular formula is C13H10ClN3O. The summed E-state index contributed by atoms with van der Waals surface area (Å²) in [7, 11) is 0. The van der Waals surface area contributed by atoms with Crippen LogP contribution in [-0.2, 0) is 0 Å². The molecule has 90 valence electrons. The van der Waals surface area contributed by atoms with E-state index in [2.05, 4.69) is 4.98 Å². The summed E-state index contributed by atoms with van der Waals surface area (Å²) in [5.41, 5.74) is 7.69. The molecule has 0 saturated carbocycles. The molecule has 2 heterocycles. The minimum Gasteiger partial charge on any atom is -0.507 e. The highest BCUT2D eigenvalue weighted by Gasteiger charge is 2.13. The number of nitrogens with two attached hydrogens (primary N) is 1. The molecule has 3 N–H and O–H groups in total. The van der Waals surface area contributed by atoms with Crippen LogP contribution >= 0.6 is 11.6 Å². The molecule has 18 heavy (non-hydrogen) atoms. The van der Waals surface area contributed by atoms with Crippen LogP contribution in [0.15, 0.2) is 42.6 Å². The first kappa shape index (κ1) is 10.9. The van der Waals surface area contributed by atoms with E-state index < -0.39 is 0 Å². The van der Waals surface area contributed by atoms with Crippen molar-refractivity contribution in [2.75, 3.05) is 5.73 Å². The van der Waals surface area contributed by atoms with Crippen LogP contribution in [0.25, 0.3) is 16.9 Å². The SMILES string of the molecule is Nc1ccn2c(-c3ccccc3O)nc(Cl)c2c1. The first-order chi connectivity index (χ1) is 8.66. The average molecular weight is 260 g/mol. The van der Waals surface area contributed by atoms with Gasteiger partial charge in [0.15, 0.2) is 5.15 Å². The number of aromatic hydroxyl groups is 1. The van der Waals surface area contributed by atoms with Gasteiger partial charge in [0.2, 0.25) is 0 Å². The van der Waals surface area contributed by atoms with Crippen LogP contribution in [0.2, 0.25) is 5.15 Å². The molecule has 2 aromatic heterocycles. The van der Waals surface area contributed by atoms with Crippen molar-refractivity contribution in [3.63, 3.8) is 0 Å². The molecule has 0 bridgehead atoms. The van der Waals surface area contributed by atoms with Crippen molar-refractivity contribution < 1.29 is 5.11 Å². The van der Waals surface area contributed by atoms with Crippen molar-refractivity contribution in [1.82, 2.24) is 9.38 Å². The number of halogens is 1.